The highest BCUT2D eigenvalue weighted by atomic mass is 16.4. The van der Waals surface area contributed by atoms with E-state index in [1.54, 1.807) is 0 Å². The van der Waals surface area contributed by atoms with Crippen molar-refractivity contribution in [3.05, 3.63) is 11.9 Å². The molecule has 0 radical (unpaired) electrons. The number of aliphatic hydroxyl groups is 1. The smallest absolute Gasteiger partial charge is 0.325 e. The molecule has 0 aliphatic heterocycles. The van der Waals surface area contributed by atoms with Gasteiger partial charge in [0.1, 0.15) is 6.54 Å². The zero-order valence-corrected chi connectivity index (χ0v) is 10.8. The van der Waals surface area contributed by atoms with Crippen LogP contribution in [-0.2, 0) is 11.3 Å². The maximum atomic E-state index is 12.1. The van der Waals surface area contributed by atoms with Crippen LogP contribution >= 0.6 is 0 Å². The lowest BCUT2D eigenvalue weighted by atomic mass is 10.3. The fraction of sp³-hybridized carbons (Fsp3) is 0.636. The first-order valence-corrected chi connectivity index (χ1v) is 6.10. The van der Waals surface area contributed by atoms with Gasteiger partial charge in [0, 0.05) is 13.1 Å². The molecule has 0 unspecified atom stereocenters. The van der Waals surface area contributed by atoms with Crippen molar-refractivity contribution in [1.29, 1.82) is 0 Å². The van der Waals surface area contributed by atoms with Crippen LogP contribution in [0.1, 0.15) is 30.3 Å². The Balaban J connectivity index is 2.72. The minimum Gasteiger partial charge on any atom is -0.480 e. The quantitative estimate of drug-likeness (QED) is 0.665. The maximum absolute atomic E-state index is 12.1. The highest BCUT2D eigenvalue weighted by molar-refractivity contribution is 5.92. The van der Waals surface area contributed by atoms with Crippen LogP contribution in [0, 0.1) is 0 Å². The molecular formula is C11H18N4O4. The number of hydrogen-bond donors (Lipinski definition) is 2. The van der Waals surface area contributed by atoms with Crippen LogP contribution in [-0.4, -0.2) is 61.7 Å². The summed E-state index contributed by atoms with van der Waals surface area (Å²) in [6.45, 7) is 2.30. The second-order valence-corrected chi connectivity index (χ2v) is 4.06. The number of amides is 1. The highest BCUT2D eigenvalue weighted by Crippen LogP contribution is 2.03. The fourth-order valence-corrected chi connectivity index (χ4v) is 1.56. The molecule has 0 spiro atoms. The van der Waals surface area contributed by atoms with E-state index in [1.807, 2.05) is 6.92 Å². The Hall–Kier alpha value is -1.96. The molecular weight excluding hydrogens is 252 g/mol. The molecule has 0 aliphatic rings. The normalized spacial score (nSPS) is 10.4. The van der Waals surface area contributed by atoms with E-state index in [9.17, 15) is 9.59 Å². The number of hydrogen-bond acceptors (Lipinski definition) is 5. The minimum atomic E-state index is -1.05. The van der Waals surface area contributed by atoms with Gasteiger partial charge in [0.15, 0.2) is 5.69 Å². The molecule has 0 bridgehead atoms. The molecule has 0 aliphatic carbocycles. The van der Waals surface area contributed by atoms with Crippen LogP contribution in [0.3, 0.4) is 0 Å². The van der Waals surface area contributed by atoms with Gasteiger partial charge in [0.25, 0.3) is 5.91 Å². The molecule has 0 fully saturated rings. The Bertz CT molecular complexity index is 432. The van der Waals surface area contributed by atoms with E-state index in [0.717, 1.165) is 17.5 Å². The average molecular weight is 270 g/mol. The average Bonchev–Trinajstić information content (AvgIpc) is 2.81. The highest BCUT2D eigenvalue weighted by Gasteiger charge is 2.18. The van der Waals surface area contributed by atoms with Gasteiger partial charge >= 0.3 is 5.97 Å². The molecule has 1 aromatic heterocycles. The largest absolute Gasteiger partial charge is 0.480 e. The number of carboxylic acids is 1. The first-order valence-electron chi connectivity index (χ1n) is 6.10. The van der Waals surface area contributed by atoms with Crippen molar-refractivity contribution in [3.63, 3.8) is 0 Å². The summed E-state index contributed by atoms with van der Waals surface area (Å²) >= 11 is 0. The second kappa shape index (κ2) is 7.47. The van der Waals surface area contributed by atoms with Crippen LogP contribution in [0.5, 0.6) is 0 Å². The van der Waals surface area contributed by atoms with Crippen molar-refractivity contribution < 1.29 is 19.8 Å². The van der Waals surface area contributed by atoms with Crippen LogP contribution in [0.25, 0.3) is 0 Å². The topological polar surface area (TPSA) is 109 Å². The van der Waals surface area contributed by atoms with Crippen molar-refractivity contribution in [2.75, 3.05) is 19.7 Å². The number of aliphatic hydroxyl groups excluding tert-OH is 1. The summed E-state index contributed by atoms with van der Waals surface area (Å²) in [6, 6.07) is 0. The predicted molar refractivity (Wildman–Crippen MR) is 65.6 cm³/mol. The summed E-state index contributed by atoms with van der Waals surface area (Å²) in [5, 5.41) is 24.8. The zero-order chi connectivity index (χ0) is 14.3. The molecule has 0 aromatic carbocycles. The summed E-state index contributed by atoms with van der Waals surface area (Å²) in [7, 11) is 0. The monoisotopic (exact) mass is 270 g/mol. The van der Waals surface area contributed by atoms with E-state index in [4.69, 9.17) is 10.2 Å². The summed E-state index contributed by atoms with van der Waals surface area (Å²) in [5.41, 5.74) is 0.0887. The number of aromatic nitrogens is 3. The molecule has 1 amide bonds. The zero-order valence-electron chi connectivity index (χ0n) is 10.8. The fourth-order valence-electron chi connectivity index (χ4n) is 1.56. The third-order valence-corrected chi connectivity index (χ3v) is 2.49. The summed E-state index contributed by atoms with van der Waals surface area (Å²) in [6.07, 6.45) is 3.06. The van der Waals surface area contributed by atoms with Gasteiger partial charge in [-0.2, -0.15) is 0 Å². The number of carbonyl (C=O) groups is 2. The molecule has 8 heteroatoms. The summed E-state index contributed by atoms with van der Waals surface area (Å²) < 4.78 is 1.09. The number of carboxylic acid groups (broad SMARTS) is 1. The molecule has 8 nitrogen and oxygen atoms in total. The van der Waals surface area contributed by atoms with E-state index in [0.29, 0.717) is 6.54 Å². The maximum Gasteiger partial charge on any atom is 0.325 e. The van der Waals surface area contributed by atoms with Crippen molar-refractivity contribution in [2.45, 2.75) is 26.3 Å². The van der Waals surface area contributed by atoms with Crippen LogP contribution in [0.15, 0.2) is 6.20 Å². The molecule has 1 rings (SSSR count). The van der Waals surface area contributed by atoms with Crippen molar-refractivity contribution in [1.82, 2.24) is 19.9 Å². The number of carbonyl (C=O) groups excluding carboxylic acids is 1. The molecule has 2 N–H and O–H groups in total. The summed E-state index contributed by atoms with van der Waals surface area (Å²) in [5.74, 6) is -1.40. The van der Waals surface area contributed by atoms with Crippen LogP contribution in [0.2, 0.25) is 0 Å². The molecule has 0 atom stereocenters. The molecule has 1 heterocycles. The van der Waals surface area contributed by atoms with Crippen molar-refractivity contribution >= 4 is 11.9 Å². The van der Waals surface area contributed by atoms with E-state index in [-0.39, 0.29) is 31.3 Å². The first kappa shape index (κ1) is 15.1. The van der Waals surface area contributed by atoms with Crippen molar-refractivity contribution in [3.8, 4) is 0 Å². The third kappa shape index (κ3) is 4.66. The molecule has 19 heavy (non-hydrogen) atoms. The number of nitrogens with zero attached hydrogens (tertiary/aromatic N) is 4. The van der Waals surface area contributed by atoms with Crippen LogP contribution < -0.4 is 0 Å². The van der Waals surface area contributed by atoms with Gasteiger partial charge in [-0.15, -0.1) is 5.10 Å². The molecule has 106 valence electrons. The standard InChI is InChI=1S/C11H18N4O4/c1-2-3-4-14(5-6-16)11(19)9-7-15(13-12-9)8-10(17)18/h7,16H,2-6,8H2,1H3,(H,17,18). The third-order valence-electron chi connectivity index (χ3n) is 2.49. The Labute approximate surface area is 110 Å². The lowest BCUT2D eigenvalue weighted by Crippen LogP contribution is -2.34. The number of unbranched alkanes of at least 4 members (excludes halogenated alkanes) is 1. The lowest BCUT2D eigenvalue weighted by molar-refractivity contribution is -0.137. The van der Waals surface area contributed by atoms with E-state index in [2.05, 4.69) is 10.3 Å². The number of aliphatic carboxylic acids is 1. The van der Waals surface area contributed by atoms with Gasteiger partial charge in [-0.3, -0.25) is 9.59 Å². The van der Waals surface area contributed by atoms with Gasteiger partial charge in [0.05, 0.1) is 12.8 Å². The second-order valence-electron chi connectivity index (χ2n) is 4.06. The first-order chi connectivity index (χ1) is 9.08. The van der Waals surface area contributed by atoms with Gasteiger partial charge in [-0.05, 0) is 6.42 Å². The Morgan fingerprint density at radius 2 is 2.16 bits per heavy atom. The van der Waals surface area contributed by atoms with E-state index in [1.165, 1.54) is 11.1 Å². The van der Waals surface area contributed by atoms with Crippen molar-refractivity contribution in [2.24, 2.45) is 0 Å². The van der Waals surface area contributed by atoms with Gasteiger partial charge in [-0.1, -0.05) is 18.6 Å². The Morgan fingerprint density at radius 1 is 1.42 bits per heavy atom. The Kier molecular flexibility index (Phi) is 5.94. The number of rotatable bonds is 8. The Morgan fingerprint density at radius 3 is 2.74 bits per heavy atom. The van der Waals surface area contributed by atoms with Crippen LogP contribution in [0.4, 0.5) is 0 Å². The molecule has 0 saturated carbocycles. The van der Waals surface area contributed by atoms with Gasteiger partial charge in [0.2, 0.25) is 0 Å². The summed E-state index contributed by atoms with van der Waals surface area (Å²) in [4.78, 5) is 24.1. The SMILES string of the molecule is CCCCN(CCO)C(=O)c1cn(CC(=O)O)nn1. The minimum absolute atomic E-state index is 0.0887. The van der Waals surface area contributed by atoms with Gasteiger partial charge in [-0.25, -0.2) is 4.68 Å². The van der Waals surface area contributed by atoms with Gasteiger partial charge < -0.3 is 15.1 Å². The van der Waals surface area contributed by atoms with E-state index < -0.39 is 5.97 Å². The predicted octanol–water partition coefficient (Wildman–Crippen LogP) is -0.403. The molecule has 1 aromatic rings. The lowest BCUT2D eigenvalue weighted by Gasteiger charge is -2.19. The molecule has 0 saturated heterocycles. The van der Waals surface area contributed by atoms with E-state index >= 15 is 0 Å².